The van der Waals surface area contributed by atoms with Gasteiger partial charge in [-0.15, -0.1) is 0 Å². The Morgan fingerprint density at radius 3 is 2.89 bits per heavy atom. The van der Waals surface area contributed by atoms with Crippen LogP contribution in [0.5, 0.6) is 0 Å². The van der Waals surface area contributed by atoms with Gasteiger partial charge >= 0.3 is 0 Å². The number of nitrogens with zero attached hydrogens (tertiary/aromatic N) is 1. The van der Waals surface area contributed by atoms with Gasteiger partial charge in [0.15, 0.2) is 0 Å². The number of aromatic nitrogens is 1. The second-order valence-electron chi connectivity index (χ2n) is 4.48. The second kappa shape index (κ2) is 6.80. The molecule has 0 bridgehead atoms. The van der Waals surface area contributed by atoms with Crippen molar-refractivity contribution in [1.29, 1.82) is 0 Å². The number of nitrogens with two attached hydrogens (primary N) is 1. The van der Waals surface area contributed by atoms with Gasteiger partial charge in [0, 0.05) is 16.9 Å². The smallest absolute Gasteiger partial charge is 0.0504 e. The minimum Gasteiger partial charge on any atom is -0.271 e. The van der Waals surface area contributed by atoms with E-state index in [1.807, 2.05) is 30.6 Å². The molecule has 0 saturated carbocycles. The molecule has 1 unspecified atom stereocenters. The first-order valence-electron chi connectivity index (χ1n) is 6.38. The fourth-order valence-electron chi connectivity index (χ4n) is 2.23. The molecule has 0 fully saturated rings. The molecule has 0 radical (unpaired) electrons. The van der Waals surface area contributed by atoms with E-state index >= 15 is 0 Å². The highest BCUT2D eigenvalue weighted by Gasteiger charge is 2.14. The number of hydrogen-bond acceptors (Lipinski definition) is 3. The number of hydrogen-bond donors (Lipinski definition) is 2. The molecule has 0 aliphatic rings. The molecule has 1 heterocycles. The van der Waals surface area contributed by atoms with Crippen molar-refractivity contribution in [2.45, 2.75) is 25.8 Å². The quantitative estimate of drug-likeness (QED) is 0.657. The molecular weight excluding hydrogens is 302 g/mol. The summed E-state index contributed by atoms with van der Waals surface area (Å²) in [7, 11) is 0. The zero-order chi connectivity index (χ0) is 13.7. The van der Waals surface area contributed by atoms with Crippen LogP contribution < -0.4 is 11.3 Å². The fourth-order valence-corrected chi connectivity index (χ4v) is 2.68. The summed E-state index contributed by atoms with van der Waals surface area (Å²) in [5.74, 6) is 5.73. The molecule has 3 nitrogen and oxygen atoms in total. The Bertz CT molecular complexity index is 542. The maximum atomic E-state index is 5.73. The van der Waals surface area contributed by atoms with Crippen LogP contribution in [-0.2, 0) is 12.8 Å². The third kappa shape index (κ3) is 3.62. The number of benzene rings is 1. The number of rotatable bonds is 5. The van der Waals surface area contributed by atoms with E-state index in [4.69, 9.17) is 5.84 Å². The van der Waals surface area contributed by atoms with Gasteiger partial charge in [0.25, 0.3) is 0 Å². The minimum atomic E-state index is 0.104. The standard InChI is InChI=1S/C15H18BrN3/c1-2-12-10-18-7-6-14(12)15(19-17)9-11-4-3-5-13(16)8-11/h3-8,10,15,19H,2,9,17H2,1H3. The van der Waals surface area contributed by atoms with E-state index < -0.39 is 0 Å². The molecule has 0 spiro atoms. The summed E-state index contributed by atoms with van der Waals surface area (Å²) in [6.45, 7) is 2.13. The van der Waals surface area contributed by atoms with E-state index in [2.05, 4.69) is 45.4 Å². The zero-order valence-electron chi connectivity index (χ0n) is 10.9. The van der Waals surface area contributed by atoms with Crippen molar-refractivity contribution in [3.05, 3.63) is 63.9 Å². The van der Waals surface area contributed by atoms with E-state index in [0.717, 1.165) is 17.3 Å². The average molecular weight is 320 g/mol. The molecule has 0 saturated heterocycles. The summed E-state index contributed by atoms with van der Waals surface area (Å²) in [5.41, 5.74) is 6.62. The highest BCUT2D eigenvalue weighted by atomic mass is 79.9. The maximum Gasteiger partial charge on any atom is 0.0504 e. The summed E-state index contributed by atoms with van der Waals surface area (Å²) < 4.78 is 1.09. The van der Waals surface area contributed by atoms with Crippen LogP contribution in [0.4, 0.5) is 0 Å². The van der Waals surface area contributed by atoms with E-state index in [-0.39, 0.29) is 6.04 Å². The Kier molecular flexibility index (Phi) is 5.07. The summed E-state index contributed by atoms with van der Waals surface area (Å²) in [6.07, 6.45) is 5.55. The highest BCUT2D eigenvalue weighted by molar-refractivity contribution is 9.10. The van der Waals surface area contributed by atoms with Crippen LogP contribution in [0, 0.1) is 0 Å². The summed E-state index contributed by atoms with van der Waals surface area (Å²) in [5, 5.41) is 0. The van der Waals surface area contributed by atoms with Crippen LogP contribution in [-0.4, -0.2) is 4.98 Å². The van der Waals surface area contributed by atoms with Crippen molar-refractivity contribution >= 4 is 15.9 Å². The zero-order valence-corrected chi connectivity index (χ0v) is 12.5. The van der Waals surface area contributed by atoms with Gasteiger partial charge in [-0.2, -0.15) is 0 Å². The lowest BCUT2D eigenvalue weighted by Crippen LogP contribution is -2.30. The van der Waals surface area contributed by atoms with E-state index in [0.29, 0.717) is 0 Å². The minimum absolute atomic E-state index is 0.104. The third-order valence-electron chi connectivity index (χ3n) is 3.23. The summed E-state index contributed by atoms with van der Waals surface area (Å²) >= 11 is 3.50. The predicted octanol–water partition coefficient (Wildman–Crippen LogP) is 3.15. The monoisotopic (exact) mass is 319 g/mol. The van der Waals surface area contributed by atoms with Crippen molar-refractivity contribution in [2.24, 2.45) is 5.84 Å². The lowest BCUT2D eigenvalue weighted by atomic mass is 9.96. The van der Waals surface area contributed by atoms with Crippen molar-refractivity contribution < 1.29 is 0 Å². The van der Waals surface area contributed by atoms with Crippen LogP contribution in [0.15, 0.2) is 47.2 Å². The number of pyridine rings is 1. The molecule has 1 atom stereocenters. The largest absolute Gasteiger partial charge is 0.271 e. The highest BCUT2D eigenvalue weighted by Crippen LogP contribution is 2.22. The van der Waals surface area contributed by atoms with Gasteiger partial charge in [0.05, 0.1) is 6.04 Å². The molecule has 4 heteroatoms. The molecule has 2 rings (SSSR count). The van der Waals surface area contributed by atoms with Gasteiger partial charge in [0.2, 0.25) is 0 Å². The molecular formula is C15H18BrN3. The van der Waals surface area contributed by atoms with E-state index in [1.165, 1.54) is 16.7 Å². The van der Waals surface area contributed by atoms with Crippen LogP contribution >= 0.6 is 15.9 Å². The molecule has 0 aliphatic heterocycles. The summed E-state index contributed by atoms with van der Waals surface area (Å²) in [4.78, 5) is 4.18. The Labute approximate surface area is 122 Å². The van der Waals surface area contributed by atoms with Gasteiger partial charge < -0.3 is 0 Å². The third-order valence-corrected chi connectivity index (χ3v) is 3.72. The molecule has 19 heavy (non-hydrogen) atoms. The van der Waals surface area contributed by atoms with Crippen LogP contribution in [0.1, 0.15) is 29.7 Å². The normalized spacial score (nSPS) is 12.4. The first kappa shape index (κ1) is 14.2. The van der Waals surface area contributed by atoms with Gasteiger partial charge in [-0.05, 0) is 47.7 Å². The summed E-state index contributed by atoms with van der Waals surface area (Å²) in [6, 6.07) is 10.5. The molecule has 3 N–H and O–H groups in total. The fraction of sp³-hybridized carbons (Fsp3) is 0.267. The van der Waals surface area contributed by atoms with Gasteiger partial charge in [-0.1, -0.05) is 35.0 Å². The van der Waals surface area contributed by atoms with Crippen molar-refractivity contribution in [2.75, 3.05) is 0 Å². The number of nitrogens with one attached hydrogen (secondary N) is 1. The molecule has 1 aromatic heterocycles. The van der Waals surface area contributed by atoms with Gasteiger partial charge in [0.1, 0.15) is 0 Å². The van der Waals surface area contributed by atoms with Crippen LogP contribution in [0.2, 0.25) is 0 Å². The first-order chi connectivity index (χ1) is 9.24. The van der Waals surface area contributed by atoms with Gasteiger partial charge in [-0.25, -0.2) is 0 Å². The first-order valence-corrected chi connectivity index (χ1v) is 7.17. The molecule has 1 aromatic carbocycles. The number of aryl methyl sites for hydroxylation is 1. The average Bonchev–Trinajstić information content (AvgIpc) is 2.45. The van der Waals surface area contributed by atoms with Gasteiger partial charge in [-0.3, -0.25) is 16.3 Å². The number of hydrazine groups is 1. The lowest BCUT2D eigenvalue weighted by molar-refractivity contribution is 0.547. The van der Waals surface area contributed by atoms with Crippen molar-refractivity contribution in [3.63, 3.8) is 0 Å². The van der Waals surface area contributed by atoms with E-state index in [9.17, 15) is 0 Å². The predicted molar refractivity (Wildman–Crippen MR) is 81.5 cm³/mol. The maximum absolute atomic E-state index is 5.73. The molecule has 100 valence electrons. The van der Waals surface area contributed by atoms with E-state index in [1.54, 1.807) is 0 Å². The topological polar surface area (TPSA) is 50.9 Å². The second-order valence-corrected chi connectivity index (χ2v) is 5.40. The SMILES string of the molecule is CCc1cnccc1C(Cc1cccc(Br)c1)NN. The van der Waals surface area contributed by atoms with Crippen molar-refractivity contribution in [1.82, 2.24) is 10.4 Å². The Hall–Kier alpha value is -1.23. The molecule has 2 aromatic rings. The van der Waals surface area contributed by atoms with Crippen LogP contribution in [0.3, 0.4) is 0 Å². The Balaban J connectivity index is 2.25. The van der Waals surface area contributed by atoms with Crippen LogP contribution in [0.25, 0.3) is 0 Å². The molecule has 0 aliphatic carbocycles. The number of halogens is 1. The van der Waals surface area contributed by atoms with Crippen molar-refractivity contribution in [3.8, 4) is 0 Å². The lowest BCUT2D eigenvalue weighted by Gasteiger charge is -2.19. The Morgan fingerprint density at radius 1 is 1.37 bits per heavy atom. The Morgan fingerprint density at radius 2 is 2.21 bits per heavy atom. The molecule has 0 amide bonds.